The number of carbonyl (C=O) groups is 1. The normalized spacial score (nSPS) is 11.3. The molecule has 0 saturated heterocycles. The molecule has 0 saturated carbocycles. The van der Waals surface area contributed by atoms with Gasteiger partial charge < -0.3 is 10.1 Å². The predicted octanol–water partition coefficient (Wildman–Crippen LogP) is 5.61. The first-order valence-electron chi connectivity index (χ1n) is 9.75. The molecule has 3 aromatic carbocycles. The standard InChI is InChI=1S/C23H22Cl2N2O4S/c1-16(2)31-21-10-8-19(9-11-21)26-23(28)15-27(20-13-17(24)12-18(25)14-20)32(29,30)22-6-4-3-5-7-22/h3-14,16H,15H2,1-2H3,(H,26,28). The number of carbonyl (C=O) groups excluding carboxylic acids is 1. The Morgan fingerprint density at radius 2 is 1.56 bits per heavy atom. The topological polar surface area (TPSA) is 75.7 Å². The molecule has 9 heteroatoms. The van der Waals surface area contributed by atoms with Crippen molar-refractivity contribution in [2.24, 2.45) is 0 Å². The van der Waals surface area contributed by atoms with E-state index in [1.54, 1.807) is 42.5 Å². The number of anilines is 2. The Kier molecular flexibility index (Phi) is 7.66. The zero-order valence-corrected chi connectivity index (χ0v) is 19.8. The van der Waals surface area contributed by atoms with Gasteiger partial charge in [0.1, 0.15) is 12.3 Å². The number of hydrogen-bond acceptors (Lipinski definition) is 4. The maximum atomic E-state index is 13.3. The number of halogens is 2. The first-order chi connectivity index (χ1) is 15.1. The number of nitrogens with one attached hydrogen (secondary N) is 1. The third kappa shape index (κ3) is 6.16. The number of amides is 1. The van der Waals surface area contributed by atoms with Crippen LogP contribution < -0.4 is 14.4 Å². The third-order valence-corrected chi connectivity index (χ3v) is 6.49. The van der Waals surface area contributed by atoms with Gasteiger partial charge in [-0.3, -0.25) is 9.10 Å². The van der Waals surface area contributed by atoms with Crippen molar-refractivity contribution in [3.05, 3.63) is 82.8 Å². The molecular weight excluding hydrogens is 471 g/mol. The summed E-state index contributed by atoms with van der Waals surface area (Å²) < 4.78 is 33.2. The van der Waals surface area contributed by atoms with E-state index in [9.17, 15) is 13.2 Å². The highest BCUT2D eigenvalue weighted by Crippen LogP contribution is 2.29. The minimum Gasteiger partial charge on any atom is -0.491 e. The molecule has 32 heavy (non-hydrogen) atoms. The number of hydrogen-bond donors (Lipinski definition) is 1. The van der Waals surface area contributed by atoms with Crippen LogP contribution in [0.1, 0.15) is 13.8 Å². The summed E-state index contributed by atoms with van der Waals surface area (Å²) in [6, 6.07) is 19.0. The molecule has 3 aromatic rings. The van der Waals surface area contributed by atoms with Crippen LogP contribution in [-0.2, 0) is 14.8 Å². The second-order valence-corrected chi connectivity index (χ2v) is 9.93. The van der Waals surface area contributed by atoms with Crippen molar-refractivity contribution in [2.45, 2.75) is 24.8 Å². The highest BCUT2D eigenvalue weighted by molar-refractivity contribution is 7.92. The molecule has 0 aliphatic carbocycles. The summed E-state index contributed by atoms with van der Waals surface area (Å²) in [4.78, 5) is 12.8. The molecule has 0 unspecified atom stereocenters. The molecule has 0 spiro atoms. The average molecular weight is 493 g/mol. The Hall–Kier alpha value is -2.74. The van der Waals surface area contributed by atoms with Gasteiger partial charge in [0.25, 0.3) is 10.0 Å². The minimum absolute atomic E-state index is 0.0247. The van der Waals surface area contributed by atoms with Crippen LogP contribution >= 0.6 is 23.2 Å². The zero-order chi connectivity index (χ0) is 23.3. The minimum atomic E-state index is -4.06. The van der Waals surface area contributed by atoms with Crippen LogP contribution in [0.4, 0.5) is 11.4 Å². The molecule has 0 aliphatic heterocycles. The van der Waals surface area contributed by atoms with E-state index in [-0.39, 0.29) is 26.7 Å². The van der Waals surface area contributed by atoms with Gasteiger partial charge in [-0.15, -0.1) is 0 Å². The molecule has 0 aromatic heterocycles. The van der Waals surface area contributed by atoms with Crippen LogP contribution in [0.15, 0.2) is 77.7 Å². The van der Waals surface area contributed by atoms with Gasteiger partial charge in [0.15, 0.2) is 0 Å². The van der Waals surface area contributed by atoms with Gasteiger partial charge in [-0.25, -0.2) is 8.42 Å². The fourth-order valence-corrected chi connectivity index (χ4v) is 4.88. The number of benzene rings is 3. The second-order valence-electron chi connectivity index (χ2n) is 7.19. The monoisotopic (exact) mass is 492 g/mol. The maximum absolute atomic E-state index is 13.3. The molecule has 0 aliphatic rings. The number of sulfonamides is 1. The number of ether oxygens (including phenoxy) is 1. The molecule has 0 fully saturated rings. The Morgan fingerprint density at radius 3 is 2.12 bits per heavy atom. The van der Waals surface area contributed by atoms with Gasteiger partial charge in [-0.05, 0) is 68.4 Å². The molecule has 1 N–H and O–H groups in total. The van der Waals surface area contributed by atoms with E-state index in [1.165, 1.54) is 30.3 Å². The SMILES string of the molecule is CC(C)Oc1ccc(NC(=O)CN(c2cc(Cl)cc(Cl)c2)S(=O)(=O)c2ccccc2)cc1. The molecule has 0 bridgehead atoms. The summed E-state index contributed by atoms with van der Waals surface area (Å²) in [7, 11) is -4.06. The fraction of sp³-hybridized carbons (Fsp3) is 0.174. The second kappa shape index (κ2) is 10.3. The molecule has 1 amide bonds. The van der Waals surface area contributed by atoms with Gasteiger partial charge in [-0.1, -0.05) is 41.4 Å². The molecular formula is C23H22Cl2N2O4S. The summed E-state index contributed by atoms with van der Waals surface area (Å²) in [6.07, 6.45) is 0.0247. The lowest BCUT2D eigenvalue weighted by Gasteiger charge is -2.24. The van der Waals surface area contributed by atoms with Crippen LogP contribution in [0.25, 0.3) is 0 Å². The van der Waals surface area contributed by atoms with Gasteiger partial charge in [0.2, 0.25) is 5.91 Å². The van der Waals surface area contributed by atoms with E-state index in [0.29, 0.717) is 11.4 Å². The van der Waals surface area contributed by atoms with Crippen LogP contribution in [-0.4, -0.2) is 27.0 Å². The van der Waals surface area contributed by atoms with E-state index in [2.05, 4.69) is 5.32 Å². The van der Waals surface area contributed by atoms with Crippen LogP contribution in [0.2, 0.25) is 10.0 Å². The smallest absolute Gasteiger partial charge is 0.264 e. The summed E-state index contributed by atoms with van der Waals surface area (Å²) >= 11 is 12.2. The molecule has 3 rings (SSSR count). The van der Waals surface area contributed by atoms with E-state index in [0.717, 1.165) is 4.31 Å². The van der Waals surface area contributed by atoms with Gasteiger partial charge in [0.05, 0.1) is 16.7 Å². The average Bonchev–Trinajstić information content (AvgIpc) is 2.73. The summed E-state index contributed by atoms with van der Waals surface area (Å²) in [5.41, 5.74) is 0.689. The Morgan fingerprint density at radius 1 is 0.969 bits per heavy atom. The first-order valence-corrected chi connectivity index (χ1v) is 12.0. The third-order valence-electron chi connectivity index (χ3n) is 4.26. The zero-order valence-electron chi connectivity index (χ0n) is 17.5. The molecule has 0 radical (unpaired) electrons. The Balaban J connectivity index is 1.88. The van der Waals surface area contributed by atoms with Gasteiger partial charge in [0, 0.05) is 15.7 Å². The van der Waals surface area contributed by atoms with Gasteiger partial charge >= 0.3 is 0 Å². The summed E-state index contributed by atoms with van der Waals surface area (Å²) in [5, 5.41) is 3.21. The van der Waals surface area contributed by atoms with Crippen molar-refractivity contribution < 1.29 is 17.9 Å². The quantitative estimate of drug-likeness (QED) is 0.442. The summed E-state index contributed by atoms with van der Waals surface area (Å²) in [5.74, 6) is 0.137. The Bertz CT molecular complexity index is 1160. The Labute approximate surface area is 197 Å². The number of nitrogens with zero attached hydrogens (tertiary/aromatic N) is 1. The lowest BCUT2D eigenvalue weighted by Crippen LogP contribution is -2.38. The molecule has 0 atom stereocenters. The van der Waals surface area contributed by atoms with Crippen LogP contribution in [0.3, 0.4) is 0 Å². The van der Waals surface area contributed by atoms with Gasteiger partial charge in [-0.2, -0.15) is 0 Å². The van der Waals surface area contributed by atoms with E-state index in [4.69, 9.17) is 27.9 Å². The van der Waals surface area contributed by atoms with E-state index in [1.807, 2.05) is 13.8 Å². The van der Waals surface area contributed by atoms with E-state index >= 15 is 0 Å². The van der Waals surface area contributed by atoms with E-state index < -0.39 is 22.5 Å². The molecule has 0 heterocycles. The van der Waals surface area contributed by atoms with Crippen molar-refractivity contribution in [3.8, 4) is 5.75 Å². The lowest BCUT2D eigenvalue weighted by molar-refractivity contribution is -0.114. The predicted molar refractivity (Wildman–Crippen MR) is 128 cm³/mol. The maximum Gasteiger partial charge on any atom is 0.264 e. The number of rotatable bonds is 8. The fourth-order valence-electron chi connectivity index (χ4n) is 2.94. The van der Waals surface area contributed by atoms with Crippen LogP contribution in [0.5, 0.6) is 5.75 Å². The highest BCUT2D eigenvalue weighted by Gasteiger charge is 2.27. The molecule has 168 valence electrons. The lowest BCUT2D eigenvalue weighted by atomic mass is 10.3. The molecule has 6 nitrogen and oxygen atoms in total. The van der Waals surface area contributed by atoms with Crippen LogP contribution in [0, 0.1) is 0 Å². The van der Waals surface area contributed by atoms with Crippen molar-refractivity contribution in [1.82, 2.24) is 0 Å². The van der Waals surface area contributed by atoms with Crippen molar-refractivity contribution in [1.29, 1.82) is 0 Å². The largest absolute Gasteiger partial charge is 0.491 e. The van der Waals surface area contributed by atoms with Crippen molar-refractivity contribution in [3.63, 3.8) is 0 Å². The summed E-state index contributed by atoms with van der Waals surface area (Å²) in [6.45, 7) is 3.36. The first kappa shape index (κ1) is 23.9. The highest BCUT2D eigenvalue weighted by atomic mass is 35.5. The van der Waals surface area contributed by atoms with Crippen molar-refractivity contribution >= 4 is 50.5 Å². The van der Waals surface area contributed by atoms with Crippen molar-refractivity contribution in [2.75, 3.05) is 16.2 Å².